The number of benzene rings is 1. The van der Waals surface area contributed by atoms with E-state index in [4.69, 9.17) is 20.9 Å². The summed E-state index contributed by atoms with van der Waals surface area (Å²) in [5.41, 5.74) is 0.841. The van der Waals surface area contributed by atoms with Gasteiger partial charge in [0.05, 0.1) is 6.10 Å². The minimum Gasteiger partial charge on any atom is -0.378 e. The van der Waals surface area contributed by atoms with E-state index in [1.165, 1.54) is 32.1 Å². The second-order valence-electron chi connectivity index (χ2n) is 7.18. The third-order valence-corrected chi connectivity index (χ3v) is 5.16. The molecule has 0 atom stereocenters. The Morgan fingerprint density at radius 3 is 2.86 bits per heavy atom. The Bertz CT molecular complexity index is 774. The maximum atomic E-state index is 6.01. The number of guanidine groups is 1. The summed E-state index contributed by atoms with van der Waals surface area (Å²) in [4.78, 5) is 8.66. The fourth-order valence-corrected chi connectivity index (χ4v) is 3.56. The van der Waals surface area contributed by atoms with Crippen LogP contribution in [0.4, 0.5) is 0 Å². The van der Waals surface area contributed by atoms with E-state index in [9.17, 15) is 0 Å². The Hall–Kier alpha value is -2.12. The Kier molecular flexibility index (Phi) is 8.77. The molecule has 2 aromatic rings. The molecule has 1 aromatic carbocycles. The number of rotatable bonds is 9. The number of aromatic nitrogens is 2. The molecule has 29 heavy (non-hydrogen) atoms. The topological polar surface area (TPSA) is 84.6 Å². The van der Waals surface area contributed by atoms with E-state index in [2.05, 4.69) is 25.8 Å². The van der Waals surface area contributed by atoms with Crippen LogP contribution in [0.15, 0.2) is 33.8 Å². The maximum absolute atomic E-state index is 6.01. The second-order valence-corrected chi connectivity index (χ2v) is 7.62. The number of nitrogens with one attached hydrogen (secondary N) is 2. The largest absolute Gasteiger partial charge is 0.378 e. The van der Waals surface area contributed by atoms with Gasteiger partial charge in [-0.2, -0.15) is 4.98 Å². The average Bonchev–Trinajstić information content (AvgIpc) is 3.22. The van der Waals surface area contributed by atoms with E-state index < -0.39 is 0 Å². The van der Waals surface area contributed by atoms with Crippen LogP contribution in [0, 0.1) is 0 Å². The third-order valence-electron chi connectivity index (χ3n) is 4.93. The minimum atomic E-state index is 0.465. The van der Waals surface area contributed by atoms with Crippen molar-refractivity contribution < 1.29 is 9.26 Å². The summed E-state index contributed by atoms with van der Waals surface area (Å²) >= 11 is 6.01. The Labute approximate surface area is 177 Å². The average molecular weight is 420 g/mol. The second kappa shape index (κ2) is 11.8. The number of hydrogen-bond donors (Lipinski definition) is 2. The molecule has 1 aliphatic rings. The van der Waals surface area contributed by atoms with Gasteiger partial charge in [0.1, 0.15) is 0 Å². The van der Waals surface area contributed by atoms with E-state index in [1.807, 2.05) is 24.3 Å². The van der Waals surface area contributed by atoms with Crippen LogP contribution in [0.2, 0.25) is 5.02 Å². The molecule has 1 fully saturated rings. The number of halogens is 1. The highest BCUT2D eigenvalue weighted by atomic mass is 35.5. The van der Waals surface area contributed by atoms with Gasteiger partial charge >= 0.3 is 0 Å². The van der Waals surface area contributed by atoms with Crippen molar-refractivity contribution >= 4 is 17.6 Å². The van der Waals surface area contributed by atoms with Crippen molar-refractivity contribution in [2.75, 3.05) is 26.7 Å². The Balaban J connectivity index is 1.31. The lowest BCUT2D eigenvalue weighted by Crippen LogP contribution is -2.39. The van der Waals surface area contributed by atoms with Gasteiger partial charge in [-0.25, -0.2) is 0 Å². The van der Waals surface area contributed by atoms with Crippen molar-refractivity contribution in [1.82, 2.24) is 20.8 Å². The van der Waals surface area contributed by atoms with Crippen LogP contribution in [-0.2, 0) is 11.2 Å². The molecule has 0 unspecified atom stereocenters. The predicted octanol–water partition coefficient (Wildman–Crippen LogP) is 3.84. The molecule has 0 bridgehead atoms. The summed E-state index contributed by atoms with van der Waals surface area (Å²) in [5.74, 6) is 1.88. The van der Waals surface area contributed by atoms with E-state index in [0.717, 1.165) is 31.1 Å². The van der Waals surface area contributed by atoms with Gasteiger partial charge in [0.2, 0.25) is 11.7 Å². The zero-order valence-corrected chi connectivity index (χ0v) is 17.7. The molecule has 1 saturated carbocycles. The maximum Gasteiger partial charge on any atom is 0.228 e. The van der Waals surface area contributed by atoms with E-state index in [1.54, 1.807) is 7.05 Å². The molecule has 158 valence electrons. The summed E-state index contributed by atoms with van der Waals surface area (Å²) in [6.07, 6.45) is 8.43. The SMILES string of the molecule is CN=C(NCCCOC1CCCCC1)NCCc1nc(-c2cccc(Cl)c2)no1. The molecule has 0 spiro atoms. The van der Waals surface area contributed by atoms with Crippen molar-refractivity contribution in [2.24, 2.45) is 4.99 Å². The van der Waals surface area contributed by atoms with Crippen LogP contribution in [0.5, 0.6) is 0 Å². The molecular weight excluding hydrogens is 390 g/mol. The molecule has 7 nitrogen and oxygen atoms in total. The van der Waals surface area contributed by atoms with Crippen LogP contribution in [0.1, 0.15) is 44.4 Å². The first kappa shape index (κ1) is 21.6. The first-order chi connectivity index (χ1) is 14.2. The molecule has 1 aliphatic carbocycles. The lowest BCUT2D eigenvalue weighted by Gasteiger charge is -2.22. The highest BCUT2D eigenvalue weighted by Gasteiger charge is 2.13. The fourth-order valence-electron chi connectivity index (χ4n) is 3.37. The van der Waals surface area contributed by atoms with Gasteiger partial charge in [-0.1, -0.05) is 48.2 Å². The summed E-state index contributed by atoms with van der Waals surface area (Å²) < 4.78 is 11.3. The van der Waals surface area contributed by atoms with Gasteiger partial charge in [-0.15, -0.1) is 0 Å². The summed E-state index contributed by atoms with van der Waals surface area (Å²) in [6, 6.07) is 7.41. The van der Waals surface area contributed by atoms with Crippen molar-refractivity contribution in [2.45, 2.75) is 51.0 Å². The normalized spacial score (nSPS) is 15.4. The minimum absolute atomic E-state index is 0.465. The van der Waals surface area contributed by atoms with Crippen LogP contribution >= 0.6 is 11.6 Å². The van der Waals surface area contributed by atoms with Crippen LogP contribution < -0.4 is 10.6 Å². The summed E-state index contributed by atoms with van der Waals surface area (Å²) in [5, 5.41) is 11.2. The molecule has 1 aromatic heterocycles. The van der Waals surface area contributed by atoms with Gasteiger partial charge in [-0.3, -0.25) is 4.99 Å². The quantitative estimate of drug-likeness (QED) is 0.365. The highest BCUT2D eigenvalue weighted by Crippen LogP contribution is 2.21. The number of nitrogens with zero attached hydrogens (tertiary/aromatic N) is 3. The molecule has 2 N–H and O–H groups in total. The van der Waals surface area contributed by atoms with Crippen molar-refractivity contribution in [3.05, 3.63) is 35.2 Å². The fraction of sp³-hybridized carbons (Fsp3) is 0.571. The number of hydrogen-bond acceptors (Lipinski definition) is 5. The monoisotopic (exact) mass is 419 g/mol. The molecule has 1 heterocycles. The van der Waals surface area contributed by atoms with Gasteiger partial charge in [-0.05, 0) is 31.4 Å². The first-order valence-corrected chi connectivity index (χ1v) is 10.8. The van der Waals surface area contributed by atoms with Crippen LogP contribution in [0.25, 0.3) is 11.4 Å². The lowest BCUT2D eigenvalue weighted by atomic mass is 9.98. The first-order valence-electron chi connectivity index (χ1n) is 10.4. The van der Waals surface area contributed by atoms with Gasteiger partial charge in [0.25, 0.3) is 0 Å². The van der Waals surface area contributed by atoms with Crippen molar-refractivity contribution in [1.29, 1.82) is 0 Å². The highest BCUT2D eigenvalue weighted by molar-refractivity contribution is 6.30. The standard InChI is InChI=1S/C21H30ClN5O2/c1-23-21(24-12-6-14-28-18-9-3-2-4-10-18)25-13-11-19-26-20(27-29-19)16-7-5-8-17(22)15-16/h5,7-8,15,18H,2-4,6,9-14H2,1H3,(H2,23,24,25). The predicted molar refractivity (Wildman–Crippen MR) is 115 cm³/mol. The lowest BCUT2D eigenvalue weighted by molar-refractivity contribution is 0.0277. The van der Waals surface area contributed by atoms with Gasteiger partial charge in [0.15, 0.2) is 5.96 Å². The third kappa shape index (κ3) is 7.33. The molecule has 8 heteroatoms. The van der Waals surface area contributed by atoms with E-state index >= 15 is 0 Å². The smallest absolute Gasteiger partial charge is 0.228 e. The molecule has 0 saturated heterocycles. The van der Waals surface area contributed by atoms with Crippen molar-refractivity contribution in [3.8, 4) is 11.4 Å². The summed E-state index contributed by atoms with van der Waals surface area (Å²) in [6.45, 7) is 2.27. The van der Waals surface area contributed by atoms with E-state index in [0.29, 0.717) is 35.8 Å². The molecule has 3 rings (SSSR count). The number of ether oxygens (including phenoxy) is 1. The van der Waals surface area contributed by atoms with E-state index in [-0.39, 0.29) is 0 Å². The van der Waals surface area contributed by atoms with Crippen LogP contribution in [0.3, 0.4) is 0 Å². The molecule has 0 radical (unpaired) electrons. The zero-order chi connectivity index (χ0) is 20.3. The molecule has 0 aliphatic heterocycles. The molecular formula is C21H30ClN5O2. The molecule has 0 amide bonds. The number of aliphatic imine (C=N–C) groups is 1. The zero-order valence-electron chi connectivity index (χ0n) is 17.0. The Morgan fingerprint density at radius 2 is 2.07 bits per heavy atom. The van der Waals surface area contributed by atoms with Crippen molar-refractivity contribution in [3.63, 3.8) is 0 Å². The van der Waals surface area contributed by atoms with Crippen LogP contribution in [-0.4, -0.2) is 48.9 Å². The Morgan fingerprint density at radius 1 is 1.24 bits per heavy atom. The summed E-state index contributed by atoms with van der Waals surface area (Å²) in [7, 11) is 1.76. The van der Waals surface area contributed by atoms with Gasteiger partial charge in [0, 0.05) is 43.8 Å². The van der Waals surface area contributed by atoms with Gasteiger partial charge < -0.3 is 19.9 Å².